The highest BCUT2D eigenvalue weighted by Crippen LogP contribution is 2.24. The van der Waals surface area contributed by atoms with Crippen molar-refractivity contribution in [3.8, 4) is 0 Å². The van der Waals surface area contributed by atoms with E-state index < -0.39 is 6.10 Å². The lowest BCUT2D eigenvalue weighted by molar-refractivity contribution is 0.125. The molecule has 0 bridgehead atoms. The van der Waals surface area contributed by atoms with Crippen molar-refractivity contribution in [1.29, 1.82) is 0 Å². The number of nitrogens with one attached hydrogen (secondary N) is 1. The van der Waals surface area contributed by atoms with E-state index in [4.69, 9.17) is 0 Å². The maximum absolute atomic E-state index is 10.3. The van der Waals surface area contributed by atoms with Gasteiger partial charge in [-0.05, 0) is 26.3 Å². The molecule has 0 aliphatic carbocycles. The maximum atomic E-state index is 10.3. The second-order valence-electron chi connectivity index (χ2n) is 4.66. The van der Waals surface area contributed by atoms with Crippen LogP contribution in [0.5, 0.6) is 0 Å². The highest BCUT2D eigenvalue weighted by molar-refractivity contribution is 5.20. The van der Waals surface area contributed by atoms with Gasteiger partial charge in [-0.15, -0.1) is 0 Å². The minimum atomic E-state index is -0.424. The highest BCUT2D eigenvalue weighted by Gasteiger charge is 2.24. The fourth-order valence-electron chi connectivity index (χ4n) is 2.35. The molecule has 16 heavy (non-hydrogen) atoms. The second-order valence-corrected chi connectivity index (χ2v) is 4.66. The lowest BCUT2D eigenvalue weighted by atomic mass is 9.99. The van der Waals surface area contributed by atoms with Crippen molar-refractivity contribution >= 4 is 0 Å². The van der Waals surface area contributed by atoms with E-state index in [0.717, 1.165) is 24.2 Å². The number of hydrogen-bond donors (Lipinski definition) is 2. The third kappa shape index (κ3) is 2.28. The molecular formula is C12H21N3O. The molecule has 0 amide bonds. The Labute approximate surface area is 96.7 Å². The van der Waals surface area contributed by atoms with Crippen LogP contribution in [0.2, 0.25) is 0 Å². The van der Waals surface area contributed by atoms with E-state index in [1.807, 2.05) is 18.7 Å². The van der Waals surface area contributed by atoms with E-state index in [9.17, 15) is 5.11 Å². The van der Waals surface area contributed by atoms with Crippen LogP contribution in [0.3, 0.4) is 0 Å². The van der Waals surface area contributed by atoms with Gasteiger partial charge in [0, 0.05) is 24.3 Å². The van der Waals surface area contributed by atoms with E-state index in [0.29, 0.717) is 0 Å². The van der Waals surface area contributed by atoms with Crippen molar-refractivity contribution in [2.45, 2.75) is 44.8 Å². The van der Waals surface area contributed by atoms with E-state index >= 15 is 0 Å². The molecule has 1 aliphatic rings. The molecule has 90 valence electrons. The minimum absolute atomic E-state index is 0.186. The number of aromatic nitrogens is 2. The quantitative estimate of drug-likeness (QED) is 0.794. The van der Waals surface area contributed by atoms with Crippen molar-refractivity contribution in [2.75, 3.05) is 6.54 Å². The molecule has 2 N–H and O–H groups in total. The summed E-state index contributed by atoms with van der Waals surface area (Å²) in [5.74, 6) is 0. The van der Waals surface area contributed by atoms with Gasteiger partial charge in [0.05, 0.1) is 12.3 Å². The Bertz CT molecular complexity index is 340. The smallest absolute Gasteiger partial charge is 0.0975 e. The van der Waals surface area contributed by atoms with Crippen LogP contribution in [0.15, 0.2) is 6.20 Å². The largest absolute Gasteiger partial charge is 0.387 e. The normalized spacial score (nSPS) is 24.1. The Morgan fingerprint density at radius 1 is 1.50 bits per heavy atom. The predicted molar refractivity (Wildman–Crippen MR) is 63.2 cm³/mol. The lowest BCUT2D eigenvalue weighted by Crippen LogP contribution is -2.34. The molecule has 2 rings (SSSR count). The first-order valence-electron chi connectivity index (χ1n) is 6.10. The Morgan fingerprint density at radius 2 is 2.31 bits per heavy atom. The summed E-state index contributed by atoms with van der Waals surface area (Å²) in [4.78, 5) is 0. The third-order valence-electron chi connectivity index (χ3n) is 3.57. The van der Waals surface area contributed by atoms with Gasteiger partial charge < -0.3 is 10.4 Å². The first kappa shape index (κ1) is 11.6. The summed E-state index contributed by atoms with van der Waals surface area (Å²) >= 11 is 0. The van der Waals surface area contributed by atoms with Gasteiger partial charge in [-0.2, -0.15) is 5.10 Å². The fourth-order valence-corrected chi connectivity index (χ4v) is 2.35. The molecule has 0 spiro atoms. The number of aliphatic hydroxyl groups is 1. The molecule has 1 aliphatic heterocycles. The van der Waals surface area contributed by atoms with Crippen LogP contribution in [-0.4, -0.2) is 27.5 Å². The number of rotatable bonds is 2. The number of aliphatic hydroxyl groups excluding tert-OH is 1. The van der Waals surface area contributed by atoms with Crippen molar-refractivity contribution in [3.63, 3.8) is 0 Å². The number of hydrogen-bond acceptors (Lipinski definition) is 3. The van der Waals surface area contributed by atoms with E-state index in [-0.39, 0.29) is 6.04 Å². The summed E-state index contributed by atoms with van der Waals surface area (Å²) in [7, 11) is 1.91. The Balaban J connectivity index is 2.11. The summed E-state index contributed by atoms with van der Waals surface area (Å²) in [6.07, 6.45) is 6.10. The molecule has 0 radical (unpaired) electrons. The molecule has 1 aromatic rings. The molecule has 0 saturated carbocycles. The van der Waals surface area contributed by atoms with Gasteiger partial charge in [0.15, 0.2) is 0 Å². The Kier molecular flexibility index (Phi) is 3.61. The second kappa shape index (κ2) is 4.97. The molecule has 4 heteroatoms. The molecule has 2 atom stereocenters. The number of aryl methyl sites for hydroxylation is 1. The van der Waals surface area contributed by atoms with Crippen molar-refractivity contribution < 1.29 is 5.11 Å². The summed E-state index contributed by atoms with van der Waals surface area (Å²) in [6.45, 7) is 3.02. The monoisotopic (exact) mass is 223 g/mol. The first-order valence-corrected chi connectivity index (χ1v) is 6.10. The average molecular weight is 223 g/mol. The fraction of sp³-hybridized carbons (Fsp3) is 0.750. The van der Waals surface area contributed by atoms with E-state index in [1.165, 1.54) is 19.3 Å². The number of nitrogens with zero attached hydrogens (tertiary/aromatic N) is 2. The molecule has 0 aromatic carbocycles. The molecule has 1 fully saturated rings. The Hall–Kier alpha value is -0.870. The molecule has 1 aromatic heterocycles. The summed E-state index contributed by atoms with van der Waals surface area (Å²) in [5, 5.41) is 18.0. The van der Waals surface area contributed by atoms with E-state index in [1.54, 1.807) is 6.20 Å². The topological polar surface area (TPSA) is 50.1 Å². The molecule has 2 heterocycles. The summed E-state index contributed by atoms with van der Waals surface area (Å²) < 4.78 is 1.81. The van der Waals surface area contributed by atoms with Crippen LogP contribution in [0, 0.1) is 6.92 Å². The molecule has 4 nitrogen and oxygen atoms in total. The lowest BCUT2D eigenvalue weighted by Gasteiger charge is -2.22. The molecule has 1 saturated heterocycles. The van der Waals surface area contributed by atoms with Crippen molar-refractivity contribution in [2.24, 2.45) is 7.05 Å². The van der Waals surface area contributed by atoms with Crippen LogP contribution >= 0.6 is 0 Å². The van der Waals surface area contributed by atoms with Gasteiger partial charge in [-0.3, -0.25) is 4.68 Å². The predicted octanol–water partition coefficient (Wildman–Crippen LogP) is 1.29. The van der Waals surface area contributed by atoms with Crippen LogP contribution < -0.4 is 5.32 Å². The zero-order chi connectivity index (χ0) is 11.5. The van der Waals surface area contributed by atoms with Crippen LogP contribution in [0.25, 0.3) is 0 Å². The Morgan fingerprint density at radius 3 is 3.00 bits per heavy atom. The average Bonchev–Trinajstić information content (AvgIpc) is 2.53. The van der Waals surface area contributed by atoms with Crippen LogP contribution in [0.1, 0.15) is 43.0 Å². The first-order chi connectivity index (χ1) is 7.70. The minimum Gasteiger partial charge on any atom is -0.387 e. The van der Waals surface area contributed by atoms with Crippen molar-refractivity contribution in [3.05, 3.63) is 17.5 Å². The highest BCUT2D eigenvalue weighted by atomic mass is 16.3. The van der Waals surface area contributed by atoms with Crippen LogP contribution in [-0.2, 0) is 7.05 Å². The summed E-state index contributed by atoms with van der Waals surface area (Å²) in [6, 6.07) is 0.186. The van der Waals surface area contributed by atoms with Gasteiger partial charge in [-0.25, -0.2) is 0 Å². The van der Waals surface area contributed by atoms with Gasteiger partial charge in [-0.1, -0.05) is 12.8 Å². The standard InChI is InChI=1S/C12H21N3O/c1-9-10(8-14-15(9)2)12(16)11-6-4-3-5-7-13-11/h8,11-13,16H,3-7H2,1-2H3. The van der Waals surface area contributed by atoms with Gasteiger partial charge in [0.1, 0.15) is 0 Å². The SMILES string of the molecule is Cc1c(C(O)C2CCCCCN2)cnn1C. The third-order valence-corrected chi connectivity index (χ3v) is 3.57. The van der Waals surface area contributed by atoms with Gasteiger partial charge >= 0.3 is 0 Å². The summed E-state index contributed by atoms with van der Waals surface area (Å²) in [5.41, 5.74) is 2.01. The van der Waals surface area contributed by atoms with Gasteiger partial charge in [0.2, 0.25) is 0 Å². The van der Waals surface area contributed by atoms with Crippen LogP contribution in [0.4, 0.5) is 0 Å². The molecular weight excluding hydrogens is 202 g/mol. The molecule has 2 unspecified atom stereocenters. The van der Waals surface area contributed by atoms with E-state index in [2.05, 4.69) is 10.4 Å². The van der Waals surface area contributed by atoms with Crippen molar-refractivity contribution in [1.82, 2.24) is 15.1 Å². The van der Waals surface area contributed by atoms with Gasteiger partial charge in [0.25, 0.3) is 0 Å². The zero-order valence-electron chi connectivity index (χ0n) is 10.1. The zero-order valence-corrected chi connectivity index (χ0v) is 10.1. The maximum Gasteiger partial charge on any atom is 0.0975 e.